The van der Waals surface area contributed by atoms with Crippen LogP contribution in [0, 0.1) is 0 Å². The van der Waals surface area contributed by atoms with Crippen LogP contribution in [-0.2, 0) is 0 Å². The molecule has 4 rings (SSSR count). The Morgan fingerprint density at radius 2 is 1.76 bits per heavy atom. The van der Waals surface area contributed by atoms with Crippen LogP contribution in [-0.4, -0.2) is 33.0 Å². The van der Waals surface area contributed by atoms with Crippen molar-refractivity contribution in [3.63, 3.8) is 0 Å². The SMILES string of the molecule is COc1cc2c(c(OC)c1OC)C(=O)CC(c1cccc(NC(=O)c3cccc(N)c3)c1)O2. The van der Waals surface area contributed by atoms with Gasteiger partial charge in [0, 0.05) is 23.0 Å². The molecule has 8 heteroatoms. The topological polar surface area (TPSA) is 109 Å². The Balaban J connectivity index is 1.62. The van der Waals surface area contributed by atoms with E-state index in [9.17, 15) is 9.59 Å². The van der Waals surface area contributed by atoms with E-state index in [4.69, 9.17) is 24.7 Å². The highest BCUT2D eigenvalue weighted by Crippen LogP contribution is 2.49. The molecule has 33 heavy (non-hydrogen) atoms. The summed E-state index contributed by atoms with van der Waals surface area (Å²) < 4.78 is 22.4. The number of carbonyl (C=O) groups is 2. The summed E-state index contributed by atoms with van der Waals surface area (Å²) >= 11 is 0. The molecule has 3 aromatic rings. The zero-order valence-corrected chi connectivity index (χ0v) is 18.5. The Kier molecular flexibility index (Phi) is 6.08. The van der Waals surface area contributed by atoms with Crippen molar-refractivity contribution >= 4 is 23.1 Å². The molecule has 1 aliphatic heterocycles. The largest absolute Gasteiger partial charge is 0.493 e. The molecule has 0 radical (unpaired) electrons. The zero-order chi connectivity index (χ0) is 23.5. The Hall–Kier alpha value is -4.20. The molecule has 1 atom stereocenters. The van der Waals surface area contributed by atoms with E-state index >= 15 is 0 Å². The number of methoxy groups -OCH3 is 3. The summed E-state index contributed by atoms with van der Waals surface area (Å²) in [7, 11) is 4.44. The van der Waals surface area contributed by atoms with Crippen molar-refractivity contribution in [3.05, 3.63) is 71.3 Å². The minimum atomic E-state index is -0.544. The summed E-state index contributed by atoms with van der Waals surface area (Å²) in [4.78, 5) is 25.6. The predicted molar refractivity (Wildman–Crippen MR) is 124 cm³/mol. The first-order chi connectivity index (χ1) is 15.9. The molecule has 1 unspecified atom stereocenters. The van der Waals surface area contributed by atoms with Crippen LogP contribution < -0.4 is 30.0 Å². The zero-order valence-electron chi connectivity index (χ0n) is 18.5. The van der Waals surface area contributed by atoms with Crippen molar-refractivity contribution in [2.75, 3.05) is 32.4 Å². The Morgan fingerprint density at radius 1 is 1.00 bits per heavy atom. The van der Waals surface area contributed by atoms with E-state index < -0.39 is 6.10 Å². The number of nitrogen functional groups attached to an aromatic ring is 1. The van der Waals surface area contributed by atoms with Crippen LogP contribution in [0.2, 0.25) is 0 Å². The summed E-state index contributed by atoms with van der Waals surface area (Å²) in [6.07, 6.45) is -0.442. The third-order valence-corrected chi connectivity index (χ3v) is 5.38. The molecule has 8 nitrogen and oxygen atoms in total. The van der Waals surface area contributed by atoms with Gasteiger partial charge in [0.2, 0.25) is 5.75 Å². The molecular weight excluding hydrogens is 424 g/mol. The van der Waals surface area contributed by atoms with Crippen LogP contribution in [0.3, 0.4) is 0 Å². The van der Waals surface area contributed by atoms with Crippen LogP contribution in [0.15, 0.2) is 54.6 Å². The third-order valence-electron chi connectivity index (χ3n) is 5.38. The van der Waals surface area contributed by atoms with Crippen molar-refractivity contribution in [1.29, 1.82) is 0 Å². The maximum absolute atomic E-state index is 13.1. The van der Waals surface area contributed by atoms with Gasteiger partial charge in [0.25, 0.3) is 5.91 Å². The molecule has 3 N–H and O–H groups in total. The molecule has 0 saturated heterocycles. The number of carbonyl (C=O) groups excluding carboxylic acids is 2. The van der Waals surface area contributed by atoms with E-state index in [1.54, 1.807) is 48.5 Å². The number of hydrogen-bond acceptors (Lipinski definition) is 7. The van der Waals surface area contributed by atoms with Crippen molar-refractivity contribution in [2.24, 2.45) is 0 Å². The fourth-order valence-electron chi connectivity index (χ4n) is 3.84. The van der Waals surface area contributed by atoms with Crippen LogP contribution >= 0.6 is 0 Å². The van der Waals surface area contributed by atoms with Crippen molar-refractivity contribution < 1.29 is 28.5 Å². The molecule has 0 aliphatic carbocycles. The van der Waals surface area contributed by atoms with E-state index in [0.29, 0.717) is 39.8 Å². The average Bonchev–Trinajstić information content (AvgIpc) is 2.82. The van der Waals surface area contributed by atoms with Gasteiger partial charge in [-0.3, -0.25) is 9.59 Å². The minimum Gasteiger partial charge on any atom is -0.493 e. The summed E-state index contributed by atoms with van der Waals surface area (Å²) in [6, 6.07) is 15.5. The lowest BCUT2D eigenvalue weighted by atomic mass is 9.94. The first kappa shape index (κ1) is 22.0. The number of ether oxygens (including phenoxy) is 4. The predicted octanol–water partition coefficient (Wildman–Crippen LogP) is 4.25. The second kappa shape index (κ2) is 9.12. The maximum Gasteiger partial charge on any atom is 0.255 e. The lowest BCUT2D eigenvalue weighted by Gasteiger charge is -2.28. The van der Waals surface area contributed by atoms with Gasteiger partial charge in [0.15, 0.2) is 17.3 Å². The maximum atomic E-state index is 13.1. The van der Waals surface area contributed by atoms with E-state index in [1.165, 1.54) is 21.3 Å². The van der Waals surface area contributed by atoms with Crippen LogP contribution in [0.1, 0.15) is 38.8 Å². The second-order valence-electron chi connectivity index (χ2n) is 7.46. The third kappa shape index (κ3) is 4.27. The standard InChI is InChI=1S/C25H24N2O6/c1-30-21-13-20-22(24(32-3)23(21)31-2)18(28)12-19(33-20)14-6-5-9-17(11-14)27-25(29)15-7-4-8-16(26)10-15/h4-11,13,19H,12,26H2,1-3H3,(H,27,29). The van der Waals surface area contributed by atoms with Gasteiger partial charge in [-0.25, -0.2) is 0 Å². The second-order valence-corrected chi connectivity index (χ2v) is 7.46. The molecule has 3 aromatic carbocycles. The van der Waals surface area contributed by atoms with Crippen molar-refractivity contribution in [3.8, 4) is 23.0 Å². The number of anilines is 2. The Morgan fingerprint density at radius 3 is 2.45 bits per heavy atom. The molecule has 0 saturated carbocycles. The number of nitrogens with two attached hydrogens (primary N) is 1. The van der Waals surface area contributed by atoms with Gasteiger partial charge >= 0.3 is 0 Å². The number of amides is 1. The quantitative estimate of drug-likeness (QED) is 0.543. The van der Waals surface area contributed by atoms with E-state index in [2.05, 4.69) is 5.32 Å². The number of benzene rings is 3. The smallest absolute Gasteiger partial charge is 0.255 e. The average molecular weight is 448 g/mol. The highest BCUT2D eigenvalue weighted by Gasteiger charge is 2.34. The first-order valence-corrected chi connectivity index (χ1v) is 10.2. The van der Waals surface area contributed by atoms with E-state index in [-0.39, 0.29) is 23.9 Å². The Labute approximate surface area is 191 Å². The number of nitrogens with one attached hydrogen (secondary N) is 1. The monoisotopic (exact) mass is 448 g/mol. The van der Waals surface area contributed by atoms with Crippen molar-refractivity contribution in [2.45, 2.75) is 12.5 Å². The van der Waals surface area contributed by atoms with Gasteiger partial charge in [-0.15, -0.1) is 0 Å². The lowest BCUT2D eigenvalue weighted by molar-refractivity contribution is 0.0842. The van der Waals surface area contributed by atoms with Crippen LogP contribution in [0.25, 0.3) is 0 Å². The van der Waals surface area contributed by atoms with E-state index in [0.717, 1.165) is 5.56 Å². The number of hydrogen-bond donors (Lipinski definition) is 2. The lowest BCUT2D eigenvalue weighted by Crippen LogP contribution is -2.22. The molecule has 0 fully saturated rings. The van der Waals surface area contributed by atoms with Gasteiger partial charge < -0.3 is 30.0 Å². The number of rotatable bonds is 6. The fraction of sp³-hybridized carbons (Fsp3) is 0.200. The molecule has 1 amide bonds. The van der Waals surface area contributed by atoms with Crippen molar-refractivity contribution in [1.82, 2.24) is 0 Å². The number of fused-ring (bicyclic) bond motifs is 1. The summed E-state index contributed by atoms with van der Waals surface area (Å²) in [5, 5.41) is 2.86. The van der Waals surface area contributed by atoms with Crippen LogP contribution in [0.5, 0.6) is 23.0 Å². The van der Waals surface area contributed by atoms with Gasteiger partial charge in [0.05, 0.1) is 27.8 Å². The van der Waals surface area contributed by atoms with Gasteiger partial charge in [-0.1, -0.05) is 18.2 Å². The molecule has 0 bridgehead atoms. The molecule has 1 aliphatic rings. The summed E-state index contributed by atoms with van der Waals surface area (Å²) in [6.45, 7) is 0. The highest BCUT2D eigenvalue weighted by molar-refractivity contribution is 6.05. The van der Waals surface area contributed by atoms with Gasteiger partial charge in [-0.2, -0.15) is 0 Å². The summed E-state index contributed by atoms with van der Waals surface area (Å²) in [5.74, 6) is 0.920. The highest BCUT2D eigenvalue weighted by atomic mass is 16.5. The van der Waals surface area contributed by atoms with Gasteiger partial charge in [0.1, 0.15) is 17.4 Å². The molecule has 0 aromatic heterocycles. The normalized spacial score (nSPS) is 14.6. The number of ketones is 1. The number of Topliss-reactive ketones (excluding diaryl/α,β-unsaturated/α-hetero) is 1. The molecule has 1 heterocycles. The van der Waals surface area contributed by atoms with Gasteiger partial charge in [-0.05, 0) is 35.9 Å². The fourth-order valence-corrected chi connectivity index (χ4v) is 3.84. The molecule has 0 spiro atoms. The summed E-state index contributed by atoms with van der Waals surface area (Å²) in [5.41, 5.74) is 8.36. The molecular formula is C25H24N2O6. The first-order valence-electron chi connectivity index (χ1n) is 10.2. The molecule has 170 valence electrons. The van der Waals surface area contributed by atoms with E-state index in [1.807, 2.05) is 6.07 Å². The van der Waals surface area contributed by atoms with Crippen LogP contribution in [0.4, 0.5) is 11.4 Å². The Bertz CT molecular complexity index is 1220. The minimum absolute atomic E-state index is 0.103.